The molecule has 0 radical (unpaired) electrons. The van der Waals surface area contributed by atoms with E-state index in [1.165, 1.54) is 0 Å². The molecular formula is C11H16BrN3O2. The summed E-state index contributed by atoms with van der Waals surface area (Å²) in [5.74, 6) is 1.27. The Morgan fingerprint density at radius 2 is 2.47 bits per heavy atom. The van der Waals surface area contributed by atoms with Crippen LogP contribution in [0.5, 0.6) is 5.88 Å². The van der Waals surface area contributed by atoms with E-state index in [1.807, 2.05) is 0 Å². The molecule has 1 aromatic rings. The lowest BCUT2D eigenvalue weighted by atomic mass is 10.2. The number of morpholine rings is 1. The molecule has 0 bridgehead atoms. The molecule has 94 valence electrons. The van der Waals surface area contributed by atoms with Gasteiger partial charge in [-0.15, -0.1) is 0 Å². The summed E-state index contributed by atoms with van der Waals surface area (Å²) >= 11 is 3.35. The molecule has 0 aromatic carbocycles. The van der Waals surface area contributed by atoms with E-state index in [1.54, 1.807) is 13.3 Å². The molecule has 0 spiro atoms. The standard InChI is InChI=1S/C11H16BrN3O2/c1-3-8-7-17-5-4-15(8)11-13-6-9(12)10(14-11)16-2/h6,8H,3-5,7H2,1-2H3. The molecule has 5 nitrogen and oxygen atoms in total. The molecular weight excluding hydrogens is 286 g/mol. The topological polar surface area (TPSA) is 47.5 Å². The molecule has 1 fully saturated rings. The van der Waals surface area contributed by atoms with Crippen molar-refractivity contribution in [3.8, 4) is 5.88 Å². The van der Waals surface area contributed by atoms with Crippen molar-refractivity contribution in [1.29, 1.82) is 0 Å². The summed E-state index contributed by atoms with van der Waals surface area (Å²) in [6.07, 6.45) is 2.74. The number of anilines is 1. The fraction of sp³-hybridized carbons (Fsp3) is 0.636. The average Bonchev–Trinajstić information content (AvgIpc) is 2.39. The molecule has 2 heterocycles. The van der Waals surface area contributed by atoms with Gasteiger partial charge in [0.15, 0.2) is 0 Å². The van der Waals surface area contributed by atoms with Crippen LogP contribution >= 0.6 is 15.9 Å². The van der Waals surface area contributed by atoms with E-state index in [0.29, 0.717) is 17.9 Å². The van der Waals surface area contributed by atoms with Crippen molar-refractivity contribution in [3.63, 3.8) is 0 Å². The minimum Gasteiger partial charge on any atom is -0.480 e. The largest absolute Gasteiger partial charge is 0.480 e. The van der Waals surface area contributed by atoms with Gasteiger partial charge in [0.05, 0.1) is 37.0 Å². The van der Waals surface area contributed by atoms with E-state index in [-0.39, 0.29) is 0 Å². The minimum absolute atomic E-state index is 0.342. The van der Waals surface area contributed by atoms with Gasteiger partial charge in [-0.3, -0.25) is 0 Å². The zero-order valence-electron chi connectivity index (χ0n) is 10.0. The summed E-state index contributed by atoms with van der Waals surface area (Å²) in [5.41, 5.74) is 0. The summed E-state index contributed by atoms with van der Waals surface area (Å²) in [4.78, 5) is 10.9. The van der Waals surface area contributed by atoms with Gasteiger partial charge in [0.25, 0.3) is 0 Å². The van der Waals surface area contributed by atoms with Gasteiger partial charge in [0.2, 0.25) is 11.8 Å². The van der Waals surface area contributed by atoms with Crippen LogP contribution < -0.4 is 9.64 Å². The van der Waals surface area contributed by atoms with Gasteiger partial charge in [-0.25, -0.2) is 4.98 Å². The summed E-state index contributed by atoms with van der Waals surface area (Å²) in [5, 5.41) is 0. The van der Waals surface area contributed by atoms with E-state index in [0.717, 1.165) is 30.7 Å². The second-order valence-corrected chi connectivity index (χ2v) is 4.71. The normalized spacial score (nSPS) is 20.4. The fourth-order valence-electron chi connectivity index (χ4n) is 1.88. The van der Waals surface area contributed by atoms with E-state index in [9.17, 15) is 0 Å². The highest BCUT2D eigenvalue weighted by atomic mass is 79.9. The van der Waals surface area contributed by atoms with Crippen LogP contribution in [0.2, 0.25) is 0 Å². The summed E-state index contributed by atoms with van der Waals surface area (Å²) in [7, 11) is 1.60. The molecule has 1 unspecified atom stereocenters. The molecule has 0 aliphatic carbocycles. The zero-order chi connectivity index (χ0) is 12.3. The Labute approximate surface area is 109 Å². The van der Waals surface area contributed by atoms with Crippen molar-refractivity contribution in [2.75, 3.05) is 31.8 Å². The number of hydrogen-bond donors (Lipinski definition) is 0. The second kappa shape index (κ2) is 5.64. The van der Waals surface area contributed by atoms with Crippen molar-refractivity contribution in [2.24, 2.45) is 0 Å². The molecule has 1 atom stereocenters. The number of hydrogen-bond acceptors (Lipinski definition) is 5. The van der Waals surface area contributed by atoms with Gasteiger partial charge < -0.3 is 14.4 Å². The van der Waals surface area contributed by atoms with E-state index < -0.39 is 0 Å². The quantitative estimate of drug-likeness (QED) is 0.853. The van der Waals surface area contributed by atoms with Crippen molar-refractivity contribution in [3.05, 3.63) is 10.7 Å². The van der Waals surface area contributed by atoms with Crippen molar-refractivity contribution in [2.45, 2.75) is 19.4 Å². The molecule has 1 aliphatic rings. The van der Waals surface area contributed by atoms with E-state index in [4.69, 9.17) is 9.47 Å². The number of ether oxygens (including phenoxy) is 2. The lowest BCUT2D eigenvalue weighted by Gasteiger charge is -2.35. The number of nitrogens with zero attached hydrogens (tertiary/aromatic N) is 3. The molecule has 1 saturated heterocycles. The van der Waals surface area contributed by atoms with Crippen LogP contribution in [0.3, 0.4) is 0 Å². The zero-order valence-corrected chi connectivity index (χ0v) is 11.6. The number of halogens is 1. The third-order valence-electron chi connectivity index (χ3n) is 2.85. The average molecular weight is 302 g/mol. The molecule has 1 aromatic heterocycles. The second-order valence-electron chi connectivity index (χ2n) is 3.86. The monoisotopic (exact) mass is 301 g/mol. The predicted octanol–water partition coefficient (Wildman–Crippen LogP) is 1.86. The van der Waals surface area contributed by atoms with Crippen molar-refractivity contribution < 1.29 is 9.47 Å². The fourth-order valence-corrected chi connectivity index (χ4v) is 2.23. The lowest BCUT2D eigenvalue weighted by molar-refractivity contribution is 0.0920. The molecule has 0 saturated carbocycles. The lowest BCUT2D eigenvalue weighted by Crippen LogP contribution is -2.46. The van der Waals surface area contributed by atoms with Gasteiger partial charge in [-0.05, 0) is 22.4 Å². The van der Waals surface area contributed by atoms with Crippen LogP contribution in [0.4, 0.5) is 5.95 Å². The van der Waals surface area contributed by atoms with Crippen molar-refractivity contribution in [1.82, 2.24) is 9.97 Å². The highest BCUT2D eigenvalue weighted by Gasteiger charge is 2.24. The maximum atomic E-state index is 5.47. The van der Waals surface area contributed by atoms with Crippen LogP contribution in [0.1, 0.15) is 13.3 Å². The van der Waals surface area contributed by atoms with Crippen LogP contribution in [0.15, 0.2) is 10.7 Å². The van der Waals surface area contributed by atoms with Crippen molar-refractivity contribution >= 4 is 21.9 Å². The smallest absolute Gasteiger partial charge is 0.232 e. The van der Waals surface area contributed by atoms with Gasteiger partial charge in [0.1, 0.15) is 0 Å². The molecule has 0 amide bonds. The maximum absolute atomic E-state index is 5.47. The van der Waals surface area contributed by atoms with E-state index >= 15 is 0 Å². The summed E-state index contributed by atoms with van der Waals surface area (Å²) in [6, 6.07) is 0.342. The molecule has 17 heavy (non-hydrogen) atoms. The first-order valence-corrected chi connectivity index (χ1v) is 6.46. The SMILES string of the molecule is CCC1COCCN1c1ncc(Br)c(OC)n1. The Balaban J connectivity index is 2.25. The third kappa shape index (κ3) is 2.69. The number of rotatable bonds is 3. The molecule has 2 rings (SSSR count). The Morgan fingerprint density at radius 1 is 1.65 bits per heavy atom. The molecule has 0 N–H and O–H groups in total. The van der Waals surface area contributed by atoms with Crippen LogP contribution in [0.25, 0.3) is 0 Å². The van der Waals surface area contributed by atoms with Gasteiger partial charge in [0, 0.05) is 6.54 Å². The number of aromatic nitrogens is 2. The van der Waals surface area contributed by atoms with Gasteiger partial charge in [-0.2, -0.15) is 4.98 Å². The van der Waals surface area contributed by atoms with E-state index in [2.05, 4.69) is 37.7 Å². The first-order chi connectivity index (χ1) is 8.26. The highest BCUT2D eigenvalue weighted by molar-refractivity contribution is 9.10. The summed E-state index contributed by atoms with van der Waals surface area (Å²) in [6.45, 7) is 4.42. The number of methoxy groups -OCH3 is 1. The predicted molar refractivity (Wildman–Crippen MR) is 68.5 cm³/mol. The Morgan fingerprint density at radius 3 is 3.18 bits per heavy atom. The third-order valence-corrected chi connectivity index (χ3v) is 3.39. The van der Waals surface area contributed by atoms with Gasteiger partial charge >= 0.3 is 0 Å². The summed E-state index contributed by atoms with van der Waals surface area (Å²) < 4.78 is 11.4. The first-order valence-electron chi connectivity index (χ1n) is 5.67. The maximum Gasteiger partial charge on any atom is 0.232 e. The Hall–Kier alpha value is -0.880. The molecule has 6 heteroatoms. The minimum atomic E-state index is 0.342. The van der Waals surface area contributed by atoms with Gasteiger partial charge in [-0.1, -0.05) is 6.92 Å². The van der Waals surface area contributed by atoms with Crippen LogP contribution in [-0.4, -0.2) is 42.9 Å². The van der Waals surface area contributed by atoms with Crippen LogP contribution in [-0.2, 0) is 4.74 Å². The Kier molecular flexibility index (Phi) is 4.17. The van der Waals surface area contributed by atoms with Crippen LogP contribution in [0, 0.1) is 0 Å². The highest BCUT2D eigenvalue weighted by Crippen LogP contribution is 2.25. The Bertz CT molecular complexity index is 389. The molecule has 1 aliphatic heterocycles. The first kappa shape index (κ1) is 12.6.